The summed E-state index contributed by atoms with van der Waals surface area (Å²) < 4.78 is 71.6. The Balaban J connectivity index is 0.847. The van der Waals surface area contributed by atoms with Gasteiger partial charge >= 0.3 is 0 Å². The third kappa shape index (κ3) is 51.0. The standard InChI is InChI=1S/C105H202O26/c1-74(2)43-37-45-76(5)47-39-49-78(7)51-41-53-80(9)59-63-122-84(72-124-102-98(118)94(114)100(88(68-108)128-102)130-104-96(116)92(112)90(110)86(66-106)126-104)70-120-61-35-31-27-23-19-15-11-13-17-21-25-29-33-55-82-57-58-83(65-82)56-34-30-26-22-18-14-12-16-20-24-28-32-36-62-121-71-85(123-64-60-81(10)54-42-52-79(8)50-40-48-77(6)46-38-44-75(3)4)73-125-103-99(119)95(115)101(89(69-109)129-103)131-105-97(117)93(113)91(111)87(67-107)127-105/h74-119H,11-73H2,1-10H3/t76-,77-,78-,79-,80-,81-,82-,83-,84+,85+,86-,87-,88-,89-,90+,91+,92+,93+,94-,95-,96-,97-,98-,99-,100-,101-,102-,103-,104+,105+/m1/s1. The SMILES string of the molecule is CC(C)CCC[C@@H](C)CCC[C@@H](C)CCC[C@@H](C)CCO[C@@H](COCCCCCCCCCCCCCCC[C@@H]1CC[C@@H](CCCCCCCCCCCCCCCOC[C@@H](CO[C@@H]2O[C@H](CO)[C@@H](O[C@@H]3O[C@H](CO)[C@H](O)[C@H](O)[C@H]3O)[C@H](O)[C@H]2O)OCC[C@H](C)CCC[C@H](C)CCC[C@H](C)CCCC(C)C)C1)CO[C@@H]1O[C@H](CO)[C@@H](O[C@@H]2O[C@H](CO)[C@H](O)[C@H](O)[C@H]2O)[C@H](O)[C@H]1O. The molecule has 0 aromatic rings. The van der Waals surface area contributed by atoms with E-state index in [0.29, 0.717) is 38.3 Å². The smallest absolute Gasteiger partial charge is 0.187 e. The van der Waals surface area contributed by atoms with Gasteiger partial charge in [0.2, 0.25) is 0 Å². The van der Waals surface area contributed by atoms with Crippen molar-refractivity contribution in [2.24, 2.45) is 59.2 Å². The molecule has 26 heteroatoms. The van der Waals surface area contributed by atoms with Gasteiger partial charge in [-0.3, -0.25) is 0 Å². The maximum atomic E-state index is 11.3. The first-order chi connectivity index (χ1) is 63.2. The number of aliphatic hydroxyl groups is 14. The van der Waals surface area contributed by atoms with Crippen LogP contribution in [0.5, 0.6) is 0 Å². The summed E-state index contributed by atoms with van der Waals surface area (Å²) >= 11 is 0. The molecule has 26 nitrogen and oxygen atoms in total. The maximum absolute atomic E-state index is 11.3. The van der Waals surface area contributed by atoms with Crippen LogP contribution >= 0.6 is 0 Å². The van der Waals surface area contributed by atoms with Crippen LogP contribution in [0.2, 0.25) is 0 Å². The fourth-order valence-corrected chi connectivity index (χ4v) is 20.1. The van der Waals surface area contributed by atoms with Crippen LogP contribution in [0.1, 0.15) is 397 Å². The third-order valence-electron chi connectivity index (χ3n) is 29.3. The Morgan fingerprint density at radius 3 is 0.779 bits per heavy atom. The molecule has 0 amide bonds. The van der Waals surface area contributed by atoms with Crippen molar-refractivity contribution >= 4 is 0 Å². The van der Waals surface area contributed by atoms with Gasteiger partial charge in [0.25, 0.3) is 0 Å². The molecule has 4 aliphatic heterocycles. The van der Waals surface area contributed by atoms with Gasteiger partial charge in [0.15, 0.2) is 25.2 Å². The molecule has 4 saturated heterocycles. The summed E-state index contributed by atoms with van der Waals surface area (Å²) in [6.45, 7) is 23.4. The highest BCUT2D eigenvalue weighted by atomic mass is 16.8. The van der Waals surface area contributed by atoms with Gasteiger partial charge in [0.05, 0.1) is 52.9 Å². The summed E-state index contributed by atoms with van der Waals surface area (Å²) in [6, 6.07) is 0. The summed E-state index contributed by atoms with van der Waals surface area (Å²) in [5.74, 6) is 7.45. The van der Waals surface area contributed by atoms with Crippen molar-refractivity contribution in [1.82, 2.24) is 0 Å². The quantitative estimate of drug-likeness (QED) is 0.0252. The van der Waals surface area contributed by atoms with Crippen molar-refractivity contribution in [2.75, 3.05) is 79.3 Å². The number of hydrogen-bond acceptors (Lipinski definition) is 26. The molecule has 0 bridgehead atoms. The molecule has 131 heavy (non-hydrogen) atoms. The highest BCUT2D eigenvalue weighted by molar-refractivity contribution is 4.97. The summed E-state index contributed by atoms with van der Waals surface area (Å²) in [4.78, 5) is 0. The van der Waals surface area contributed by atoms with Gasteiger partial charge in [-0.1, -0.05) is 365 Å². The minimum absolute atomic E-state index is 0.0118. The van der Waals surface area contributed by atoms with E-state index in [1.165, 1.54) is 276 Å². The van der Waals surface area contributed by atoms with Gasteiger partial charge in [-0.15, -0.1) is 0 Å². The van der Waals surface area contributed by atoms with Crippen LogP contribution in [0, 0.1) is 59.2 Å². The molecule has 5 fully saturated rings. The molecule has 0 aromatic carbocycles. The molecule has 14 N–H and O–H groups in total. The van der Waals surface area contributed by atoms with E-state index < -0.39 is 161 Å². The van der Waals surface area contributed by atoms with Crippen molar-refractivity contribution in [1.29, 1.82) is 0 Å². The molecule has 0 spiro atoms. The zero-order valence-corrected chi connectivity index (χ0v) is 84.2. The van der Waals surface area contributed by atoms with Crippen molar-refractivity contribution in [3.05, 3.63) is 0 Å². The molecule has 1 saturated carbocycles. The molecular weight excluding hydrogens is 1680 g/mol. The van der Waals surface area contributed by atoms with E-state index in [4.69, 9.17) is 56.8 Å². The molecule has 5 aliphatic rings. The first-order valence-electron chi connectivity index (χ1n) is 54.0. The maximum Gasteiger partial charge on any atom is 0.187 e. The zero-order chi connectivity index (χ0) is 95.5. The first-order valence-corrected chi connectivity index (χ1v) is 54.0. The molecular formula is C105H202O26. The van der Waals surface area contributed by atoms with E-state index in [0.717, 1.165) is 98.7 Å². The Morgan fingerprint density at radius 2 is 0.496 bits per heavy atom. The molecule has 0 radical (unpaired) electrons. The minimum atomic E-state index is -1.76. The summed E-state index contributed by atoms with van der Waals surface area (Å²) in [5, 5.41) is 147. The van der Waals surface area contributed by atoms with Crippen molar-refractivity contribution in [3.63, 3.8) is 0 Å². The Bertz CT molecular complexity index is 2450. The molecule has 4 heterocycles. The van der Waals surface area contributed by atoms with Crippen molar-refractivity contribution < 1.29 is 128 Å². The molecule has 30 atom stereocenters. The largest absolute Gasteiger partial charge is 0.394 e. The number of unbranched alkanes of at least 4 members (excludes halogenated alkanes) is 24. The second kappa shape index (κ2) is 73.1. The van der Waals surface area contributed by atoms with Crippen LogP contribution in [0.15, 0.2) is 0 Å². The number of aliphatic hydroxyl groups excluding tert-OH is 14. The van der Waals surface area contributed by atoms with Gasteiger partial charge in [-0.25, -0.2) is 0 Å². The van der Waals surface area contributed by atoms with Crippen LogP contribution in [0.4, 0.5) is 0 Å². The van der Waals surface area contributed by atoms with Gasteiger partial charge < -0.3 is 128 Å². The van der Waals surface area contributed by atoms with Crippen molar-refractivity contribution in [2.45, 2.75) is 532 Å². The van der Waals surface area contributed by atoms with E-state index in [-0.39, 0.29) is 26.4 Å². The predicted octanol–water partition coefficient (Wildman–Crippen LogP) is 16.3. The Morgan fingerprint density at radius 1 is 0.244 bits per heavy atom. The molecule has 5 rings (SSSR count). The second-order valence-corrected chi connectivity index (χ2v) is 42.7. The summed E-state index contributed by atoms with van der Waals surface area (Å²) in [7, 11) is 0. The summed E-state index contributed by atoms with van der Waals surface area (Å²) in [5.41, 5.74) is 0. The molecule has 0 unspecified atom stereocenters. The number of ether oxygens (including phenoxy) is 12. The average molecular weight is 1880 g/mol. The van der Waals surface area contributed by atoms with E-state index in [1.54, 1.807) is 0 Å². The van der Waals surface area contributed by atoms with E-state index in [1.807, 2.05) is 0 Å². The average Bonchev–Trinajstić information content (AvgIpc) is 1.03. The lowest BCUT2D eigenvalue weighted by atomic mass is 9.91. The number of rotatable bonds is 82. The Labute approximate surface area is 794 Å². The van der Waals surface area contributed by atoms with E-state index >= 15 is 0 Å². The Hall–Kier alpha value is -1.04. The molecule has 778 valence electrons. The monoisotopic (exact) mass is 1880 g/mol. The lowest BCUT2D eigenvalue weighted by Crippen LogP contribution is -2.64. The van der Waals surface area contributed by atoms with Crippen molar-refractivity contribution in [3.8, 4) is 0 Å². The van der Waals surface area contributed by atoms with Gasteiger partial charge in [0.1, 0.15) is 110 Å². The zero-order valence-electron chi connectivity index (χ0n) is 84.2. The minimum Gasteiger partial charge on any atom is -0.394 e. The fraction of sp³-hybridized carbons (Fsp3) is 1.00. The molecule has 0 aromatic heterocycles. The van der Waals surface area contributed by atoms with E-state index in [2.05, 4.69) is 69.2 Å². The van der Waals surface area contributed by atoms with Gasteiger partial charge in [0, 0.05) is 26.4 Å². The highest BCUT2D eigenvalue weighted by Gasteiger charge is 2.53. The number of hydrogen-bond donors (Lipinski definition) is 14. The summed E-state index contributed by atoms with van der Waals surface area (Å²) in [6.07, 6.45) is 33.3. The lowest BCUT2D eigenvalue weighted by Gasteiger charge is -2.46. The lowest BCUT2D eigenvalue weighted by molar-refractivity contribution is -0.360. The second-order valence-electron chi connectivity index (χ2n) is 42.7. The van der Waals surface area contributed by atoms with E-state index in [9.17, 15) is 71.5 Å². The predicted molar refractivity (Wildman–Crippen MR) is 513 cm³/mol. The van der Waals surface area contributed by atoms with Crippen LogP contribution in [-0.4, -0.2) is 286 Å². The third-order valence-corrected chi connectivity index (χ3v) is 29.3. The highest BCUT2D eigenvalue weighted by Crippen LogP contribution is 2.39. The van der Waals surface area contributed by atoms with Gasteiger partial charge in [-0.05, 0) is 91.3 Å². The Kier molecular flexibility index (Phi) is 67.2. The fourth-order valence-electron chi connectivity index (χ4n) is 20.1. The van der Waals surface area contributed by atoms with Crippen LogP contribution in [0.25, 0.3) is 0 Å². The first kappa shape index (κ1) is 120. The normalized spacial score (nSPS) is 29.9. The van der Waals surface area contributed by atoms with Crippen LogP contribution < -0.4 is 0 Å². The van der Waals surface area contributed by atoms with Crippen LogP contribution in [0.3, 0.4) is 0 Å². The van der Waals surface area contributed by atoms with Gasteiger partial charge in [-0.2, -0.15) is 0 Å². The van der Waals surface area contributed by atoms with Crippen LogP contribution in [-0.2, 0) is 56.8 Å². The molecule has 1 aliphatic carbocycles. The topological polar surface area (TPSA) is 394 Å².